The van der Waals surface area contributed by atoms with Crippen LogP contribution >= 0.6 is 0 Å². The quantitative estimate of drug-likeness (QED) is 0.858. The van der Waals surface area contributed by atoms with Crippen molar-refractivity contribution in [1.29, 1.82) is 0 Å². The number of hydrogen-bond acceptors (Lipinski definition) is 4. The van der Waals surface area contributed by atoms with Gasteiger partial charge in [-0.3, -0.25) is 4.79 Å². The van der Waals surface area contributed by atoms with Crippen LogP contribution in [0.3, 0.4) is 0 Å². The van der Waals surface area contributed by atoms with E-state index in [2.05, 4.69) is 0 Å². The molecule has 1 aliphatic rings. The van der Waals surface area contributed by atoms with Crippen LogP contribution in [0.2, 0.25) is 0 Å². The van der Waals surface area contributed by atoms with Gasteiger partial charge in [0.25, 0.3) is 5.56 Å². The van der Waals surface area contributed by atoms with E-state index in [0.29, 0.717) is 17.8 Å². The van der Waals surface area contributed by atoms with Crippen LogP contribution in [-0.2, 0) is 27.9 Å². The number of hydrogen-bond donors (Lipinski definition) is 0. The standard InChI is InChI=1S/C15H15NO4S/c1-20-14-7-12-9-21(18,19)10-13(12)16(15(14)17)8-11-5-3-2-4-6-11/h2-7H,8-10H2,1H3. The molecule has 2 aromatic rings. The van der Waals surface area contributed by atoms with Gasteiger partial charge in [-0.1, -0.05) is 30.3 Å². The lowest BCUT2D eigenvalue weighted by Gasteiger charge is -2.13. The fourth-order valence-corrected chi connectivity index (χ4v) is 4.19. The number of pyridine rings is 1. The van der Waals surface area contributed by atoms with Crippen molar-refractivity contribution in [2.75, 3.05) is 7.11 Å². The highest BCUT2D eigenvalue weighted by atomic mass is 32.2. The Kier molecular flexibility index (Phi) is 3.33. The van der Waals surface area contributed by atoms with Crippen molar-refractivity contribution in [2.45, 2.75) is 18.1 Å². The maximum atomic E-state index is 12.4. The highest BCUT2D eigenvalue weighted by Crippen LogP contribution is 2.26. The van der Waals surface area contributed by atoms with Gasteiger partial charge in [0.05, 0.1) is 25.2 Å². The van der Waals surface area contributed by atoms with Gasteiger partial charge in [-0.2, -0.15) is 0 Å². The van der Waals surface area contributed by atoms with E-state index >= 15 is 0 Å². The van der Waals surface area contributed by atoms with Crippen molar-refractivity contribution in [2.24, 2.45) is 0 Å². The molecular weight excluding hydrogens is 290 g/mol. The van der Waals surface area contributed by atoms with Crippen LogP contribution in [0.25, 0.3) is 0 Å². The second kappa shape index (κ2) is 5.04. The molecule has 21 heavy (non-hydrogen) atoms. The molecule has 0 saturated heterocycles. The molecule has 0 amide bonds. The summed E-state index contributed by atoms with van der Waals surface area (Å²) >= 11 is 0. The molecule has 0 N–H and O–H groups in total. The number of ether oxygens (including phenoxy) is 1. The van der Waals surface area contributed by atoms with Gasteiger partial charge in [-0.25, -0.2) is 8.42 Å². The first kappa shape index (κ1) is 13.9. The molecule has 110 valence electrons. The molecule has 0 bridgehead atoms. The number of sulfone groups is 1. The van der Waals surface area contributed by atoms with Gasteiger partial charge in [0.1, 0.15) is 0 Å². The van der Waals surface area contributed by atoms with Crippen LogP contribution in [0.1, 0.15) is 16.8 Å². The van der Waals surface area contributed by atoms with Crippen LogP contribution in [0, 0.1) is 0 Å². The van der Waals surface area contributed by atoms with Gasteiger partial charge in [-0.05, 0) is 17.2 Å². The van der Waals surface area contributed by atoms with E-state index in [1.54, 1.807) is 6.07 Å². The topological polar surface area (TPSA) is 65.4 Å². The van der Waals surface area contributed by atoms with E-state index in [0.717, 1.165) is 5.56 Å². The molecule has 3 rings (SSSR count). The van der Waals surface area contributed by atoms with E-state index < -0.39 is 9.84 Å². The van der Waals surface area contributed by atoms with Crippen LogP contribution < -0.4 is 10.3 Å². The summed E-state index contributed by atoms with van der Waals surface area (Å²) in [5.41, 5.74) is 1.88. The zero-order valence-electron chi connectivity index (χ0n) is 11.6. The van der Waals surface area contributed by atoms with Crippen molar-refractivity contribution in [1.82, 2.24) is 4.57 Å². The fourth-order valence-electron chi connectivity index (χ4n) is 2.60. The van der Waals surface area contributed by atoms with Crippen molar-refractivity contribution >= 4 is 9.84 Å². The Morgan fingerprint density at radius 3 is 2.57 bits per heavy atom. The Morgan fingerprint density at radius 1 is 1.19 bits per heavy atom. The van der Waals surface area contributed by atoms with Gasteiger partial charge >= 0.3 is 0 Å². The van der Waals surface area contributed by atoms with Crippen LogP contribution in [0.4, 0.5) is 0 Å². The summed E-state index contributed by atoms with van der Waals surface area (Å²) in [6.45, 7) is 0.342. The lowest BCUT2D eigenvalue weighted by molar-refractivity contribution is 0.402. The largest absolute Gasteiger partial charge is 0.491 e. The molecule has 0 fully saturated rings. The van der Waals surface area contributed by atoms with Gasteiger partial charge in [0.2, 0.25) is 0 Å². The normalized spacial score (nSPS) is 15.7. The molecule has 1 aliphatic heterocycles. The Hall–Kier alpha value is -2.08. The van der Waals surface area contributed by atoms with E-state index in [9.17, 15) is 13.2 Å². The van der Waals surface area contributed by atoms with E-state index in [4.69, 9.17) is 4.74 Å². The molecular formula is C15H15NO4S. The third kappa shape index (κ3) is 2.58. The average molecular weight is 305 g/mol. The highest BCUT2D eigenvalue weighted by molar-refractivity contribution is 7.90. The first-order valence-corrected chi connectivity index (χ1v) is 8.36. The van der Waals surface area contributed by atoms with Crippen LogP contribution in [0.5, 0.6) is 5.75 Å². The van der Waals surface area contributed by atoms with Gasteiger partial charge in [-0.15, -0.1) is 0 Å². The predicted octanol–water partition coefficient (Wildman–Crippen LogP) is 1.33. The van der Waals surface area contributed by atoms with E-state index in [1.165, 1.54) is 11.7 Å². The minimum atomic E-state index is -3.18. The molecule has 0 unspecified atom stereocenters. The van der Waals surface area contributed by atoms with Crippen molar-refractivity contribution in [3.63, 3.8) is 0 Å². The minimum Gasteiger partial charge on any atom is -0.491 e. The highest BCUT2D eigenvalue weighted by Gasteiger charge is 2.29. The smallest absolute Gasteiger partial charge is 0.293 e. The van der Waals surface area contributed by atoms with Crippen molar-refractivity contribution in [3.05, 3.63) is 63.6 Å². The Morgan fingerprint density at radius 2 is 1.90 bits per heavy atom. The van der Waals surface area contributed by atoms with Crippen LogP contribution in [-0.4, -0.2) is 20.1 Å². The predicted molar refractivity (Wildman–Crippen MR) is 79.1 cm³/mol. The SMILES string of the molecule is COc1cc2c(n(Cc3ccccc3)c1=O)CS(=O)(=O)C2. The monoisotopic (exact) mass is 305 g/mol. The maximum absolute atomic E-state index is 12.4. The zero-order valence-corrected chi connectivity index (χ0v) is 12.4. The molecule has 6 heteroatoms. The molecule has 0 atom stereocenters. The number of benzene rings is 1. The summed E-state index contributed by atoms with van der Waals surface area (Å²) in [4.78, 5) is 12.4. The number of nitrogens with zero attached hydrogens (tertiary/aromatic N) is 1. The summed E-state index contributed by atoms with van der Waals surface area (Å²) < 4.78 is 30.3. The Bertz CT molecular complexity index is 838. The van der Waals surface area contributed by atoms with Gasteiger partial charge in [0.15, 0.2) is 15.6 Å². The van der Waals surface area contributed by atoms with Crippen molar-refractivity contribution < 1.29 is 13.2 Å². The molecule has 1 aromatic carbocycles. The number of fused-ring (bicyclic) bond motifs is 1. The minimum absolute atomic E-state index is 0.0340. The number of aromatic nitrogens is 1. The lowest BCUT2D eigenvalue weighted by Crippen LogP contribution is -2.25. The molecule has 0 aliphatic carbocycles. The average Bonchev–Trinajstić information content (AvgIpc) is 2.77. The summed E-state index contributed by atoms with van der Waals surface area (Å²) in [6, 6.07) is 11.0. The first-order valence-electron chi connectivity index (χ1n) is 6.54. The molecule has 2 heterocycles. The maximum Gasteiger partial charge on any atom is 0.293 e. The van der Waals surface area contributed by atoms with Crippen LogP contribution in [0.15, 0.2) is 41.2 Å². The van der Waals surface area contributed by atoms with Gasteiger partial charge < -0.3 is 9.30 Å². The molecule has 1 aromatic heterocycles. The molecule has 0 spiro atoms. The number of rotatable bonds is 3. The second-order valence-electron chi connectivity index (χ2n) is 5.09. The van der Waals surface area contributed by atoms with E-state index in [1.807, 2.05) is 30.3 Å². The molecule has 5 nitrogen and oxygen atoms in total. The second-order valence-corrected chi connectivity index (χ2v) is 7.16. The third-order valence-corrected chi connectivity index (χ3v) is 5.06. The molecule has 0 radical (unpaired) electrons. The lowest BCUT2D eigenvalue weighted by atomic mass is 10.2. The summed E-state index contributed by atoms with van der Waals surface area (Å²) in [5.74, 6) is 0.0594. The molecule has 0 saturated carbocycles. The Labute approximate surface area is 122 Å². The number of methoxy groups -OCH3 is 1. The zero-order chi connectivity index (χ0) is 15.0. The summed E-state index contributed by atoms with van der Waals surface area (Å²) in [6.07, 6.45) is 0. The summed E-state index contributed by atoms with van der Waals surface area (Å²) in [5, 5.41) is 0. The van der Waals surface area contributed by atoms with E-state index in [-0.39, 0.29) is 22.8 Å². The third-order valence-electron chi connectivity index (χ3n) is 3.59. The first-order chi connectivity index (χ1) is 10.00. The van der Waals surface area contributed by atoms with Crippen molar-refractivity contribution in [3.8, 4) is 5.75 Å². The van der Waals surface area contributed by atoms with Gasteiger partial charge in [0, 0.05) is 5.69 Å². The summed E-state index contributed by atoms with van der Waals surface area (Å²) in [7, 11) is -1.76. The fraction of sp³-hybridized carbons (Fsp3) is 0.267. The Balaban J connectivity index is 2.16.